The third kappa shape index (κ3) is 3.26. The Labute approximate surface area is 170 Å². The normalized spacial score (nSPS) is 19.8. The van der Waals surface area contributed by atoms with Crippen LogP contribution in [0.2, 0.25) is 0 Å². The van der Waals surface area contributed by atoms with Crippen molar-refractivity contribution in [1.82, 2.24) is 15.1 Å². The summed E-state index contributed by atoms with van der Waals surface area (Å²) in [6.07, 6.45) is 4.31. The number of nitrogens with one attached hydrogen (secondary N) is 1. The number of imide groups is 1. The van der Waals surface area contributed by atoms with E-state index in [1.807, 2.05) is 49.4 Å². The zero-order valence-electron chi connectivity index (χ0n) is 17.0. The highest BCUT2D eigenvalue weighted by Gasteiger charge is 2.55. The molecule has 2 fully saturated rings. The third-order valence-corrected chi connectivity index (χ3v) is 6.45. The van der Waals surface area contributed by atoms with E-state index in [0.29, 0.717) is 12.8 Å². The molecule has 1 saturated carbocycles. The largest absolute Gasteiger partial charge is 0.348 e. The van der Waals surface area contributed by atoms with Crippen LogP contribution in [-0.4, -0.2) is 46.8 Å². The molecule has 1 heterocycles. The first-order chi connectivity index (χ1) is 13.9. The molecular weight excluding hydrogens is 366 g/mol. The average molecular weight is 393 g/mol. The molecule has 152 valence electrons. The second-order valence-corrected chi connectivity index (χ2v) is 8.18. The van der Waals surface area contributed by atoms with E-state index in [9.17, 15) is 14.4 Å². The fraction of sp³-hybridized carbons (Fsp3) is 0.435. The van der Waals surface area contributed by atoms with E-state index in [1.165, 1.54) is 0 Å². The van der Waals surface area contributed by atoms with Gasteiger partial charge in [-0.05, 0) is 36.1 Å². The molecule has 1 aliphatic carbocycles. The Morgan fingerprint density at radius 3 is 2.52 bits per heavy atom. The lowest BCUT2D eigenvalue weighted by molar-refractivity contribution is -0.137. The van der Waals surface area contributed by atoms with E-state index in [1.54, 1.807) is 11.9 Å². The molecule has 0 radical (unpaired) electrons. The van der Waals surface area contributed by atoms with Crippen molar-refractivity contribution in [1.29, 1.82) is 0 Å². The summed E-state index contributed by atoms with van der Waals surface area (Å²) in [6, 6.07) is 13.4. The molecule has 1 aliphatic heterocycles. The van der Waals surface area contributed by atoms with Crippen LogP contribution < -0.4 is 5.32 Å². The van der Waals surface area contributed by atoms with E-state index in [0.717, 1.165) is 40.5 Å². The number of likely N-dealkylation sites (N-methyl/N-ethyl adjacent to an activating group) is 1. The summed E-state index contributed by atoms with van der Waals surface area (Å²) in [6.45, 7) is 1.68. The number of urea groups is 1. The van der Waals surface area contributed by atoms with Crippen LogP contribution in [-0.2, 0) is 9.59 Å². The van der Waals surface area contributed by atoms with Crippen molar-refractivity contribution in [3.8, 4) is 0 Å². The van der Waals surface area contributed by atoms with Crippen LogP contribution in [0.25, 0.3) is 10.8 Å². The van der Waals surface area contributed by atoms with Crippen LogP contribution in [0.4, 0.5) is 4.79 Å². The van der Waals surface area contributed by atoms with Crippen molar-refractivity contribution in [2.24, 2.45) is 0 Å². The summed E-state index contributed by atoms with van der Waals surface area (Å²) >= 11 is 0. The van der Waals surface area contributed by atoms with Crippen molar-refractivity contribution in [3.05, 3.63) is 48.0 Å². The van der Waals surface area contributed by atoms with Crippen molar-refractivity contribution in [2.75, 3.05) is 13.6 Å². The van der Waals surface area contributed by atoms with Gasteiger partial charge in [0.25, 0.3) is 5.91 Å². The Kier molecular flexibility index (Phi) is 5.03. The lowest BCUT2D eigenvalue weighted by Gasteiger charge is -2.35. The quantitative estimate of drug-likeness (QED) is 0.807. The number of benzene rings is 2. The van der Waals surface area contributed by atoms with Crippen molar-refractivity contribution in [2.45, 2.75) is 50.6 Å². The average Bonchev–Trinajstić information content (AvgIpc) is 2.90. The highest BCUT2D eigenvalue weighted by atomic mass is 16.2. The second kappa shape index (κ2) is 7.50. The summed E-state index contributed by atoms with van der Waals surface area (Å²) in [5.41, 5.74) is 0.257. The maximum atomic E-state index is 13.1. The van der Waals surface area contributed by atoms with Crippen LogP contribution in [0.5, 0.6) is 0 Å². The molecule has 2 aromatic carbocycles. The molecule has 0 unspecified atom stereocenters. The summed E-state index contributed by atoms with van der Waals surface area (Å²) in [4.78, 5) is 41.1. The molecule has 0 bridgehead atoms. The van der Waals surface area contributed by atoms with Gasteiger partial charge in [-0.15, -0.1) is 0 Å². The van der Waals surface area contributed by atoms with E-state index in [4.69, 9.17) is 0 Å². The van der Waals surface area contributed by atoms with Gasteiger partial charge in [0.2, 0.25) is 5.91 Å². The monoisotopic (exact) mass is 393 g/mol. The number of rotatable bonds is 4. The predicted molar refractivity (Wildman–Crippen MR) is 111 cm³/mol. The predicted octanol–water partition coefficient (Wildman–Crippen LogP) is 3.61. The first-order valence-electron chi connectivity index (χ1n) is 10.3. The van der Waals surface area contributed by atoms with Gasteiger partial charge >= 0.3 is 6.03 Å². The van der Waals surface area contributed by atoms with E-state index in [2.05, 4.69) is 5.32 Å². The summed E-state index contributed by atoms with van der Waals surface area (Å²) in [5.74, 6) is -0.550. The number of hydrogen-bond acceptors (Lipinski definition) is 3. The highest BCUT2D eigenvalue weighted by Crippen LogP contribution is 2.39. The van der Waals surface area contributed by atoms with Gasteiger partial charge in [-0.2, -0.15) is 0 Å². The van der Waals surface area contributed by atoms with Gasteiger partial charge in [0.15, 0.2) is 0 Å². The lowest BCUT2D eigenvalue weighted by atomic mass is 9.81. The van der Waals surface area contributed by atoms with E-state index >= 15 is 0 Å². The Hall–Kier alpha value is -2.89. The zero-order chi connectivity index (χ0) is 20.6. The number of fused-ring (bicyclic) bond motifs is 1. The lowest BCUT2D eigenvalue weighted by Crippen LogP contribution is -2.49. The molecule has 4 rings (SSSR count). The Morgan fingerprint density at radius 1 is 1.07 bits per heavy atom. The fourth-order valence-corrected chi connectivity index (χ4v) is 4.81. The first kappa shape index (κ1) is 19.4. The van der Waals surface area contributed by atoms with Crippen LogP contribution in [0.15, 0.2) is 42.5 Å². The highest BCUT2D eigenvalue weighted by molar-refractivity contribution is 6.09. The Morgan fingerprint density at radius 2 is 1.76 bits per heavy atom. The molecule has 1 atom stereocenters. The number of hydrogen-bond donors (Lipinski definition) is 1. The number of nitrogens with zero attached hydrogens (tertiary/aromatic N) is 2. The maximum absolute atomic E-state index is 13.1. The SMILES string of the molecule is C[C@H](NC(=O)CN1C(=O)N(C)C2(CCCCC2)C1=O)c1cccc2ccccc12. The third-order valence-electron chi connectivity index (χ3n) is 6.45. The molecule has 6 heteroatoms. The summed E-state index contributed by atoms with van der Waals surface area (Å²) in [7, 11) is 1.68. The zero-order valence-corrected chi connectivity index (χ0v) is 17.0. The minimum Gasteiger partial charge on any atom is -0.348 e. The van der Waals surface area contributed by atoms with Crippen molar-refractivity contribution >= 4 is 28.6 Å². The first-order valence-corrected chi connectivity index (χ1v) is 10.3. The topological polar surface area (TPSA) is 69.7 Å². The van der Waals surface area contributed by atoms with Crippen LogP contribution in [0.3, 0.4) is 0 Å². The summed E-state index contributed by atoms with van der Waals surface area (Å²) < 4.78 is 0. The van der Waals surface area contributed by atoms with Gasteiger partial charge in [-0.1, -0.05) is 61.7 Å². The van der Waals surface area contributed by atoms with Gasteiger partial charge in [0, 0.05) is 7.05 Å². The molecule has 6 nitrogen and oxygen atoms in total. The van der Waals surface area contributed by atoms with Gasteiger partial charge < -0.3 is 10.2 Å². The molecule has 4 amide bonds. The van der Waals surface area contributed by atoms with Crippen LogP contribution >= 0.6 is 0 Å². The minimum atomic E-state index is -0.753. The molecule has 1 saturated heterocycles. The fourth-order valence-electron chi connectivity index (χ4n) is 4.81. The smallest absolute Gasteiger partial charge is 0.327 e. The minimum absolute atomic E-state index is 0.224. The van der Waals surface area contributed by atoms with Gasteiger partial charge in [0.1, 0.15) is 12.1 Å². The standard InChI is InChI=1S/C23H27N3O3/c1-16(18-12-8-10-17-9-4-5-11-19(17)18)24-20(27)15-26-21(28)23(25(2)22(26)29)13-6-3-7-14-23/h4-5,8-12,16H,3,6-7,13-15H2,1-2H3,(H,24,27)/t16-/m0/s1. The van der Waals surface area contributed by atoms with E-state index < -0.39 is 5.54 Å². The number of carbonyl (C=O) groups excluding carboxylic acids is 3. The van der Waals surface area contributed by atoms with Crippen LogP contribution in [0.1, 0.15) is 50.6 Å². The molecule has 0 aromatic heterocycles. The molecular formula is C23H27N3O3. The molecule has 1 N–H and O–H groups in total. The van der Waals surface area contributed by atoms with Crippen molar-refractivity contribution < 1.29 is 14.4 Å². The number of amides is 4. The molecule has 29 heavy (non-hydrogen) atoms. The van der Waals surface area contributed by atoms with E-state index in [-0.39, 0.29) is 30.4 Å². The van der Waals surface area contributed by atoms with Gasteiger partial charge in [-0.25, -0.2) is 4.79 Å². The maximum Gasteiger partial charge on any atom is 0.327 e. The Balaban J connectivity index is 1.48. The molecule has 2 aromatic rings. The van der Waals surface area contributed by atoms with Gasteiger partial charge in [0.05, 0.1) is 6.04 Å². The molecule has 2 aliphatic rings. The molecule has 1 spiro atoms. The second-order valence-electron chi connectivity index (χ2n) is 8.18. The van der Waals surface area contributed by atoms with Gasteiger partial charge in [-0.3, -0.25) is 14.5 Å². The van der Waals surface area contributed by atoms with Crippen molar-refractivity contribution in [3.63, 3.8) is 0 Å². The number of carbonyl (C=O) groups is 3. The Bertz CT molecular complexity index is 959. The van der Waals surface area contributed by atoms with Crippen LogP contribution in [0, 0.1) is 0 Å². The summed E-state index contributed by atoms with van der Waals surface area (Å²) in [5, 5.41) is 5.15.